The number of furan rings is 1. The highest BCUT2D eigenvalue weighted by atomic mass is 35.5. The summed E-state index contributed by atoms with van der Waals surface area (Å²) >= 11 is 6.14. The molecule has 0 aliphatic carbocycles. The molecule has 0 atom stereocenters. The first-order chi connectivity index (χ1) is 13.5. The lowest BCUT2D eigenvalue weighted by atomic mass is 10.1. The third-order valence-corrected chi connectivity index (χ3v) is 6.03. The van der Waals surface area contributed by atoms with Crippen molar-refractivity contribution in [3.63, 3.8) is 0 Å². The van der Waals surface area contributed by atoms with E-state index in [0.717, 1.165) is 22.9 Å². The van der Waals surface area contributed by atoms with Crippen LogP contribution in [0.15, 0.2) is 70.4 Å². The second-order valence-corrected chi connectivity index (χ2v) is 8.22. The van der Waals surface area contributed by atoms with Crippen molar-refractivity contribution in [1.82, 2.24) is 9.97 Å². The van der Waals surface area contributed by atoms with Crippen molar-refractivity contribution in [3.8, 4) is 11.1 Å². The fourth-order valence-electron chi connectivity index (χ4n) is 2.85. The number of hydrogen-bond acceptors (Lipinski definition) is 5. The maximum atomic E-state index is 12.6. The maximum absolute atomic E-state index is 12.6. The standard InChI is InChI=1S/C20H16ClN3O3S/c1-2-13-8-16-17(12-27-20(16)23-10-13)14-9-18(19(21)22-11-14)24-28(25,26)15-6-4-3-5-7-15/h3-12,24H,2H2,1H3. The number of aryl methyl sites for hydroxylation is 1. The summed E-state index contributed by atoms with van der Waals surface area (Å²) in [5, 5.41) is 0.892. The first-order valence-corrected chi connectivity index (χ1v) is 10.4. The number of halogens is 1. The van der Waals surface area contributed by atoms with Crippen LogP contribution < -0.4 is 4.72 Å². The maximum Gasteiger partial charge on any atom is 0.261 e. The fourth-order valence-corrected chi connectivity index (χ4v) is 4.13. The molecule has 0 aliphatic heterocycles. The van der Waals surface area contributed by atoms with Gasteiger partial charge >= 0.3 is 0 Å². The molecule has 1 N–H and O–H groups in total. The predicted octanol–water partition coefficient (Wildman–Crippen LogP) is 4.91. The highest BCUT2D eigenvalue weighted by Crippen LogP contribution is 2.33. The van der Waals surface area contributed by atoms with Gasteiger partial charge in [0.25, 0.3) is 10.0 Å². The van der Waals surface area contributed by atoms with Gasteiger partial charge < -0.3 is 4.42 Å². The van der Waals surface area contributed by atoms with Gasteiger partial charge in [0.1, 0.15) is 6.26 Å². The number of pyridine rings is 2. The molecule has 4 aromatic rings. The topological polar surface area (TPSA) is 85.1 Å². The van der Waals surface area contributed by atoms with Gasteiger partial charge in [0.15, 0.2) is 5.15 Å². The van der Waals surface area contributed by atoms with Crippen molar-refractivity contribution in [2.75, 3.05) is 4.72 Å². The Morgan fingerprint density at radius 1 is 1.11 bits per heavy atom. The van der Waals surface area contributed by atoms with E-state index >= 15 is 0 Å². The van der Waals surface area contributed by atoms with Crippen LogP contribution in [-0.2, 0) is 16.4 Å². The average molecular weight is 414 g/mol. The summed E-state index contributed by atoms with van der Waals surface area (Å²) in [6, 6.07) is 11.7. The highest BCUT2D eigenvalue weighted by molar-refractivity contribution is 7.92. The molecule has 6 nitrogen and oxygen atoms in total. The molecule has 3 aromatic heterocycles. The highest BCUT2D eigenvalue weighted by Gasteiger charge is 2.18. The molecule has 0 unspecified atom stereocenters. The fraction of sp³-hybridized carbons (Fsp3) is 0.100. The molecule has 28 heavy (non-hydrogen) atoms. The predicted molar refractivity (Wildman–Crippen MR) is 109 cm³/mol. The minimum absolute atomic E-state index is 0.0587. The van der Waals surface area contributed by atoms with E-state index in [1.807, 2.05) is 13.0 Å². The smallest absolute Gasteiger partial charge is 0.261 e. The number of hydrogen-bond donors (Lipinski definition) is 1. The number of sulfonamides is 1. The lowest BCUT2D eigenvalue weighted by molar-refractivity contribution is 0.601. The van der Waals surface area contributed by atoms with Gasteiger partial charge in [0.05, 0.1) is 10.6 Å². The molecule has 4 rings (SSSR count). The molecule has 0 amide bonds. The summed E-state index contributed by atoms with van der Waals surface area (Å²) in [5.74, 6) is 0. The molecule has 0 bridgehead atoms. The van der Waals surface area contributed by atoms with Crippen LogP contribution in [0.5, 0.6) is 0 Å². The number of aromatic nitrogens is 2. The van der Waals surface area contributed by atoms with E-state index < -0.39 is 10.0 Å². The molecular weight excluding hydrogens is 398 g/mol. The van der Waals surface area contributed by atoms with E-state index in [0.29, 0.717) is 11.3 Å². The second-order valence-electron chi connectivity index (χ2n) is 6.18. The lowest BCUT2D eigenvalue weighted by Crippen LogP contribution is -2.13. The zero-order valence-electron chi connectivity index (χ0n) is 14.9. The molecule has 142 valence electrons. The summed E-state index contributed by atoms with van der Waals surface area (Å²) in [6.07, 6.45) is 5.77. The number of anilines is 1. The Morgan fingerprint density at radius 3 is 2.64 bits per heavy atom. The van der Waals surface area contributed by atoms with Gasteiger partial charge in [-0.25, -0.2) is 18.4 Å². The van der Waals surface area contributed by atoms with Gasteiger partial charge in [-0.3, -0.25) is 4.72 Å². The molecule has 0 aliphatic rings. The summed E-state index contributed by atoms with van der Waals surface area (Å²) in [6.45, 7) is 2.04. The van der Waals surface area contributed by atoms with Crippen LogP contribution in [0.1, 0.15) is 12.5 Å². The number of rotatable bonds is 5. The number of nitrogens with one attached hydrogen (secondary N) is 1. The molecule has 8 heteroatoms. The quantitative estimate of drug-likeness (QED) is 0.470. The van der Waals surface area contributed by atoms with Crippen LogP contribution in [-0.4, -0.2) is 18.4 Å². The van der Waals surface area contributed by atoms with Gasteiger partial charge in [-0.15, -0.1) is 0 Å². The zero-order valence-corrected chi connectivity index (χ0v) is 16.5. The van der Waals surface area contributed by atoms with E-state index in [-0.39, 0.29) is 15.7 Å². The number of fused-ring (bicyclic) bond motifs is 1. The van der Waals surface area contributed by atoms with Crippen LogP contribution in [0.2, 0.25) is 5.15 Å². The minimum atomic E-state index is -3.78. The van der Waals surface area contributed by atoms with Crippen LogP contribution in [0.4, 0.5) is 5.69 Å². The van der Waals surface area contributed by atoms with Crippen LogP contribution >= 0.6 is 11.6 Å². The van der Waals surface area contributed by atoms with E-state index in [4.69, 9.17) is 16.0 Å². The summed E-state index contributed by atoms with van der Waals surface area (Å²) < 4.78 is 33.3. The number of benzene rings is 1. The van der Waals surface area contributed by atoms with Crippen molar-refractivity contribution in [2.45, 2.75) is 18.2 Å². The summed E-state index contributed by atoms with van der Waals surface area (Å²) in [5.41, 5.74) is 3.21. The Labute approximate surface area is 167 Å². The molecule has 0 saturated carbocycles. The van der Waals surface area contributed by atoms with Crippen LogP contribution in [0.3, 0.4) is 0 Å². The van der Waals surface area contributed by atoms with E-state index in [9.17, 15) is 8.42 Å². The Kier molecular flexibility index (Phi) is 4.78. The molecule has 0 radical (unpaired) electrons. The van der Waals surface area contributed by atoms with Crippen molar-refractivity contribution < 1.29 is 12.8 Å². The van der Waals surface area contributed by atoms with Gasteiger partial charge in [0.2, 0.25) is 5.71 Å². The van der Waals surface area contributed by atoms with E-state index in [1.54, 1.807) is 42.9 Å². The van der Waals surface area contributed by atoms with Crippen molar-refractivity contribution >= 4 is 38.4 Å². The number of nitrogens with zero attached hydrogens (tertiary/aromatic N) is 2. The Hall–Kier alpha value is -2.90. The first kappa shape index (κ1) is 18.5. The van der Waals surface area contributed by atoms with Crippen molar-refractivity contribution in [1.29, 1.82) is 0 Å². The largest absolute Gasteiger partial charge is 0.445 e. The molecular formula is C20H16ClN3O3S. The van der Waals surface area contributed by atoms with Gasteiger partial charge in [-0.05, 0) is 36.2 Å². The van der Waals surface area contributed by atoms with Gasteiger partial charge in [0, 0.05) is 28.9 Å². The third kappa shape index (κ3) is 3.46. The second kappa shape index (κ2) is 7.26. The summed E-state index contributed by atoms with van der Waals surface area (Å²) in [4.78, 5) is 8.59. The molecule has 1 aromatic carbocycles. The Morgan fingerprint density at radius 2 is 1.89 bits per heavy atom. The third-order valence-electron chi connectivity index (χ3n) is 4.34. The average Bonchev–Trinajstić information content (AvgIpc) is 3.13. The van der Waals surface area contributed by atoms with Gasteiger partial charge in [-0.1, -0.05) is 36.7 Å². The Bertz CT molecular complexity index is 1250. The minimum Gasteiger partial charge on any atom is -0.445 e. The van der Waals surface area contributed by atoms with Gasteiger partial charge in [-0.2, -0.15) is 0 Å². The lowest BCUT2D eigenvalue weighted by Gasteiger charge is -2.10. The van der Waals surface area contributed by atoms with Crippen molar-refractivity contribution in [2.24, 2.45) is 0 Å². The summed E-state index contributed by atoms with van der Waals surface area (Å²) in [7, 11) is -3.78. The van der Waals surface area contributed by atoms with Crippen LogP contribution in [0, 0.1) is 0 Å². The molecule has 3 heterocycles. The van der Waals surface area contributed by atoms with E-state index in [1.165, 1.54) is 12.1 Å². The Balaban J connectivity index is 1.76. The van der Waals surface area contributed by atoms with Crippen LogP contribution in [0.25, 0.3) is 22.2 Å². The van der Waals surface area contributed by atoms with E-state index in [2.05, 4.69) is 14.7 Å². The normalized spacial score (nSPS) is 11.6. The SMILES string of the molecule is CCc1cnc2occ(-c3cnc(Cl)c(NS(=O)(=O)c4ccccc4)c3)c2c1. The van der Waals surface area contributed by atoms with Crippen molar-refractivity contribution in [3.05, 3.63) is 71.8 Å². The molecule has 0 saturated heterocycles. The molecule has 0 spiro atoms. The first-order valence-electron chi connectivity index (χ1n) is 8.58. The zero-order chi connectivity index (χ0) is 19.7. The molecule has 0 fully saturated rings. The monoisotopic (exact) mass is 413 g/mol.